The van der Waals surface area contributed by atoms with Gasteiger partial charge in [-0.25, -0.2) is 0 Å². The molecule has 2 unspecified atom stereocenters. The Kier molecular flexibility index (Phi) is 6.96. The van der Waals surface area contributed by atoms with Crippen LogP contribution in [0.15, 0.2) is 18.2 Å². The summed E-state index contributed by atoms with van der Waals surface area (Å²) >= 11 is 0. The van der Waals surface area contributed by atoms with Crippen molar-refractivity contribution in [3.05, 3.63) is 29.3 Å². The highest BCUT2D eigenvalue weighted by Crippen LogP contribution is 2.21. The Morgan fingerprint density at radius 1 is 1.39 bits per heavy atom. The van der Waals surface area contributed by atoms with Crippen LogP contribution >= 0.6 is 12.4 Å². The summed E-state index contributed by atoms with van der Waals surface area (Å²) < 4.78 is 0. The molecule has 0 heterocycles. The van der Waals surface area contributed by atoms with Gasteiger partial charge >= 0.3 is 0 Å². The van der Waals surface area contributed by atoms with Gasteiger partial charge in [-0.2, -0.15) is 0 Å². The summed E-state index contributed by atoms with van der Waals surface area (Å²) in [5.74, 6) is -0.191. The smallest absolute Gasteiger partial charge is 0.228 e. The predicted molar refractivity (Wildman–Crippen MR) is 79.2 cm³/mol. The quantitative estimate of drug-likeness (QED) is 0.884. The molecule has 0 saturated carbocycles. The third kappa shape index (κ3) is 4.00. The number of anilines is 1. The number of hydrogen-bond donors (Lipinski definition) is 2. The molecule has 0 aliphatic rings. The maximum atomic E-state index is 12.0. The molecule has 1 aromatic rings. The molecule has 102 valence electrons. The summed E-state index contributed by atoms with van der Waals surface area (Å²) in [4.78, 5) is 12.0. The van der Waals surface area contributed by atoms with Crippen molar-refractivity contribution in [2.75, 3.05) is 5.32 Å². The summed E-state index contributed by atoms with van der Waals surface area (Å²) in [7, 11) is 0. The number of aryl methyl sites for hydroxylation is 2. The zero-order valence-electron chi connectivity index (χ0n) is 11.5. The van der Waals surface area contributed by atoms with Gasteiger partial charge in [-0.05, 0) is 31.4 Å². The number of amides is 1. The lowest BCUT2D eigenvalue weighted by atomic mass is 10.0. The van der Waals surface area contributed by atoms with Gasteiger partial charge in [0.15, 0.2) is 0 Å². The molecule has 0 spiro atoms. The Hall–Kier alpha value is -1.06. The summed E-state index contributed by atoms with van der Waals surface area (Å²) in [5.41, 5.74) is 8.93. The molecule has 3 nitrogen and oxygen atoms in total. The zero-order chi connectivity index (χ0) is 13.0. The predicted octanol–water partition coefficient (Wildman–Crippen LogP) is 2.90. The van der Waals surface area contributed by atoms with Crippen molar-refractivity contribution >= 4 is 24.0 Å². The highest BCUT2D eigenvalue weighted by molar-refractivity contribution is 5.94. The topological polar surface area (TPSA) is 55.1 Å². The van der Waals surface area contributed by atoms with Crippen LogP contribution in [-0.2, 0) is 11.2 Å². The molecule has 18 heavy (non-hydrogen) atoms. The van der Waals surface area contributed by atoms with Crippen LogP contribution in [-0.4, -0.2) is 11.9 Å². The van der Waals surface area contributed by atoms with Gasteiger partial charge in [0.05, 0.1) is 5.92 Å². The molecule has 3 N–H and O–H groups in total. The largest absolute Gasteiger partial charge is 0.327 e. The average Bonchev–Trinajstić information content (AvgIpc) is 2.30. The van der Waals surface area contributed by atoms with Gasteiger partial charge in [0.2, 0.25) is 5.91 Å². The second-order valence-corrected chi connectivity index (χ2v) is 4.60. The van der Waals surface area contributed by atoms with Gasteiger partial charge < -0.3 is 11.1 Å². The first-order chi connectivity index (χ1) is 7.97. The van der Waals surface area contributed by atoms with Gasteiger partial charge in [0, 0.05) is 11.7 Å². The Labute approximate surface area is 116 Å². The highest BCUT2D eigenvalue weighted by Gasteiger charge is 2.18. The Balaban J connectivity index is 0.00000289. The first-order valence-electron chi connectivity index (χ1n) is 6.12. The monoisotopic (exact) mass is 270 g/mol. The molecule has 0 radical (unpaired) electrons. The van der Waals surface area contributed by atoms with Crippen molar-refractivity contribution in [2.24, 2.45) is 11.7 Å². The van der Waals surface area contributed by atoms with Crippen LogP contribution in [0.25, 0.3) is 0 Å². The first kappa shape index (κ1) is 16.9. The lowest BCUT2D eigenvalue weighted by Crippen LogP contribution is -2.34. The van der Waals surface area contributed by atoms with E-state index in [2.05, 4.69) is 12.2 Å². The minimum absolute atomic E-state index is 0. The van der Waals surface area contributed by atoms with Crippen LogP contribution in [0.4, 0.5) is 5.69 Å². The van der Waals surface area contributed by atoms with Gasteiger partial charge in [-0.3, -0.25) is 4.79 Å². The molecule has 1 amide bonds. The average molecular weight is 271 g/mol. The van der Waals surface area contributed by atoms with E-state index in [9.17, 15) is 4.79 Å². The van der Waals surface area contributed by atoms with E-state index in [1.165, 1.54) is 0 Å². The van der Waals surface area contributed by atoms with Crippen LogP contribution in [0.3, 0.4) is 0 Å². The molecule has 1 rings (SSSR count). The number of nitrogens with two attached hydrogens (primary N) is 1. The van der Waals surface area contributed by atoms with Crippen LogP contribution in [0.5, 0.6) is 0 Å². The lowest BCUT2D eigenvalue weighted by Gasteiger charge is -2.18. The molecule has 0 aliphatic carbocycles. The Morgan fingerprint density at radius 3 is 2.50 bits per heavy atom. The molecule has 0 bridgehead atoms. The minimum Gasteiger partial charge on any atom is -0.327 e. The van der Waals surface area contributed by atoms with E-state index in [0.29, 0.717) is 0 Å². The van der Waals surface area contributed by atoms with Crippen molar-refractivity contribution < 1.29 is 4.79 Å². The Bertz CT molecular complexity index is 405. The van der Waals surface area contributed by atoms with E-state index in [-0.39, 0.29) is 30.3 Å². The SMILES string of the molecule is CCc1cccc(C)c1NC(=O)C(C)C(C)N.Cl. The molecule has 0 aliphatic heterocycles. The number of carbonyl (C=O) groups is 1. The van der Waals surface area contributed by atoms with Crippen molar-refractivity contribution in [3.63, 3.8) is 0 Å². The number of rotatable bonds is 4. The number of hydrogen-bond acceptors (Lipinski definition) is 2. The van der Waals surface area contributed by atoms with Crippen LogP contribution in [0, 0.1) is 12.8 Å². The minimum atomic E-state index is -0.181. The summed E-state index contributed by atoms with van der Waals surface area (Å²) in [6.45, 7) is 7.79. The summed E-state index contributed by atoms with van der Waals surface area (Å²) in [6.07, 6.45) is 0.907. The molecule has 0 saturated heterocycles. The Morgan fingerprint density at radius 2 is 2.00 bits per heavy atom. The van der Waals surface area contributed by atoms with Crippen molar-refractivity contribution in [2.45, 2.75) is 40.2 Å². The first-order valence-corrected chi connectivity index (χ1v) is 6.12. The van der Waals surface area contributed by atoms with Crippen molar-refractivity contribution in [3.8, 4) is 0 Å². The van der Waals surface area contributed by atoms with Crippen molar-refractivity contribution in [1.29, 1.82) is 0 Å². The zero-order valence-corrected chi connectivity index (χ0v) is 12.3. The van der Waals surface area contributed by atoms with E-state index >= 15 is 0 Å². The number of halogens is 1. The standard InChI is InChI=1S/C14H22N2O.ClH/c1-5-12-8-6-7-9(2)13(12)16-14(17)10(3)11(4)15;/h6-8,10-11H,5,15H2,1-4H3,(H,16,17);1H. The number of nitrogens with one attached hydrogen (secondary N) is 1. The molecular weight excluding hydrogens is 248 g/mol. The second kappa shape index (κ2) is 7.39. The normalized spacial score (nSPS) is 13.4. The van der Waals surface area contributed by atoms with Gasteiger partial charge in [0.1, 0.15) is 0 Å². The fourth-order valence-corrected chi connectivity index (χ4v) is 1.68. The second-order valence-electron chi connectivity index (χ2n) is 4.60. The fraction of sp³-hybridized carbons (Fsp3) is 0.500. The number of para-hydroxylation sites is 1. The molecular formula is C14H23ClN2O. The van der Waals surface area contributed by atoms with Crippen LogP contribution in [0.2, 0.25) is 0 Å². The maximum absolute atomic E-state index is 12.0. The highest BCUT2D eigenvalue weighted by atomic mass is 35.5. The summed E-state index contributed by atoms with van der Waals surface area (Å²) in [5, 5.41) is 2.99. The summed E-state index contributed by atoms with van der Waals surface area (Å²) in [6, 6.07) is 5.92. The van der Waals surface area contributed by atoms with Gasteiger partial charge in [-0.1, -0.05) is 32.0 Å². The third-order valence-electron chi connectivity index (χ3n) is 3.19. The molecule has 0 aromatic heterocycles. The van der Waals surface area contributed by atoms with E-state index < -0.39 is 0 Å². The van der Waals surface area contributed by atoms with Crippen LogP contribution in [0.1, 0.15) is 31.9 Å². The molecule has 4 heteroatoms. The lowest BCUT2D eigenvalue weighted by molar-refractivity contribution is -0.119. The van der Waals surface area contributed by atoms with Crippen molar-refractivity contribution in [1.82, 2.24) is 0 Å². The van der Waals surface area contributed by atoms with E-state index in [0.717, 1.165) is 23.2 Å². The van der Waals surface area contributed by atoms with Crippen LogP contribution < -0.4 is 11.1 Å². The molecule has 0 fully saturated rings. The molecule has 2 atom stereocenters. The maximum Gasteiger partial charge on any atom is 0.228 e. The third-order valence-corrected chi connectivity index (χ3v) is 3.19. The molecule has 1 aromatic carbocycles. The van der Waals surface area contributed by atoms with Gasteiger partial charge in [-0.15, -0.1) is 12.4 Å². The fourth-order valence-electron chi connectivity index (χ4n) is 1.68. The number of carbonyl (C=O) groups excluding carboxylic acids is 1. The van der Waals surface area contributed by atoms with E-state index in [4.69, 9.17) is 5.73 Å². The van der Waals surface area contributed by atoms with E-state index in [1.807, 2.05) is 39.0 Å². The van der Waals surface area contributed by atoms with E-state index in [1.54, 1.807) is 0 Å². The number of benzene rings is 1. The van der Waals surface area contributed by atoms with Gasteiger partial charge in [0.25, 0.3) is 0 Å².